The van der Waals surface area contributed by atoms with Crippen molar-refractivity contribution in [3.05, 3.63) is 35.9 Å². The molecule has 1 spiro atoms. The number of nitrogens with zero attached hydrogens (tertiary/aromatic N) is 1. The highest BCUT2D eigenvalue weighted by Crippen LogP contribution is 2.49. The summed E-state index contributed by atoms with van der Waals surface area (Å²) < 4.78 is 6.29. The van der Waals surface area contributed by atoms with Gasteiger partial charge in [0.25, 0.3) is 0 Å². The van der Waals surface area contributed by atoms with Crippen LogP contribution in [0.15, 0.2) is 30.3 Å². The van der Waals surface area contributed by atoms with Gasteiger partial charge in [-0.25, -0.2) is 0 Å². The van der Waals surface area contributed by atoms with Crippen LogP contribution < -0.4 is 4.74 Å². The second kappa shape index (κ2) is 8.69. The van der Waals surface area contributed by atoms with Crippen LogP contribution in [0.1, 0.15) is 69.8 Å². The lowest BCUT2D eigenvalue weighted by Gasteiger charge is -2.37. The largest absolute Gasteiger partial charge is 0.490 e. The lowest BCUT2D eigenvalue weighted by Crippen LogP contribution is -2.30. The Morgan fingerprint density at radius 2 is 1.82 bits per heavy atom. The number of hydrogen-bond acceptors (Lipinski definition) is 3. The predicted molar refractivity (Wildman–Crippen MR) is 112 cm³/mol. The number of ether oxygens (including phenoxy) is 1. The second-order valence-electron chi connectivity index (χ2n) is 8.97. The van der Waals surface area contributed by atoms with Crippen LogP contribution in [0.5, 0.6) is 5.75 Å². The molecule has 0 unspecified atom stereocenters. The lowest BCUT2D eigenvalue weighted by atomic mass is 9.72. The van der Waals surface area contributed by atoms with E-state index in [2.05, 4.69) is 35.2 Å². The summed E-state index contributed by atoms with van der Waals surface area (Å²) in [5, 5.41) is 8.82. The van der Waals surface area contributed by atoms with Crippen LogP contribution >= 0.6 is 0 Å². The molecule has 0 radical (unpaired) electrons. The van der Waals surface area contributed by atoms with Crippen LogP contribution in [0.3, 0.4) is 0 Å². The van der Waals surface area contributed by atoms with E-state index in [0.29, 0.717) is 18.1 Å². The molecule has 152 valence electrons. The third-order valence-corrected chi connectivity index (χ3v) is 7.12. The zero-order valence-electron chi connectivity index (χ0n) is 16.9. The molecule has 2 fully saturated rings. The molecule has 0 amide bonds. The summed E-state index contributed by atoms with van der Waals surface area (Å²) in [6.45, 7) is 2.40. The van der Waals surface area contributed by atoms with Gasteiger partial charge in [-0.05, 0) is 73.6 Å². The van der Waals surface area contributed by atoms with Gasteiger partial charge < -0.3 is 9.84 Å². The third-order valence-electron chi connectivity index (χ3n) is 7.12. The topological polar surface area (TPSA) is 49.8 Å². The molecule has 0 aromatic heterocycles. The summed E-state index contributed by atoms with van der Waals surface area (Å²) >= 11 is 0. The number of rotatable bonds is 6. The van der Waals surface area contributed by atoms with E-state index in [4.69, 9.17) is 9.84 Å². The molecule has 1 aromatic rings. The SMILES string of the molecule is O=C(O)CCN1CC=C(c2ccc(OC3CCC4(CCCC4)CC3)cc2)CC1. The van der Waals surface area contributed by atoms with Crippen molar-refractivity contribution >= 4 is 11.5 Å². The molecule has 4 rings (SSSR count). The van der Waals surface area contributed by atoms with Crippen LogP contribution in [-0.4, -0.2) is 41.7 Å². The number of carbonyl (C=O) groups is 1. The monoisotopic (exact) mass is 383 g/mol. The zero-order chi connectivity index (χ0) is 19.4. The van der Waals surface area contributed by atoms with Crippen LogP contribution in [-0.2, 0) is 4.79 Å². The van der Waals surface area contributed by atoms with Gasteiger partial charge in [-0.1, -0.05) is 31.1 Å². The van der Waals surface area contributed by atoms with Crippen LogP contribution in [0.25, 0.3) is 5.57 Å². The number of aliphatic carboxylic acids is 1. The van der Waals surface area contributed by atoms with E-state index >= 15 is 0 Å². The highest BCUT2D eigenvalue weighted by molar-refractivity contribution is 5.68. The van der Waals surface area contributed by atoms with E-state index in [-0.39, 0.29) is 6.42 Å². The van der Waals surface area contributed by atoms with Crippen molar-refractivity contribution in [3.63, 3.8) is 0 Å². The smallest absolute Gasteiger partial charge is 0.304 e. The molecular weight excluding hydrogens is 350 g/mol. The maximum Gasteiger partial charge on any atom is 0.304 e. The quantitative estimate of drug-likeness (QED) is 0.740. The van der Waals surface area contributed by atoms with E-state index in [1.54, 1.807) is 0 Å². The van der Waals surface area contributed by atoms with E-state index in [9.17, 15) is 4.79 Å². The molecule has 28 heavy (non-hydrogen) atoms. The van der Waals surface area contributed by atoms with Gasteiger partial charge in [0.05, 0.1) is 12.5 Å². The van der Waals surface area contributed by atoms with Gasteiger partial charge in [0, 0.05) is 19.6 Å². The molecule has 2 saturated carbocycles. The highest BCUT2D eigenvalue weighted by atomic mass is 16.5. The Hall–Kier alpha value is -1.81. The van der Waals surface area contributed by atoms with E-state index in [0.717, 1.165) is 25.3 Å². The number of benzene rings is 1. The van der Waals surface area contributed by atoms with Crippen molar-refractivity contribution in [1.82, 2.24) is 4.90 Å². The first kappa shape index (κ1) is 19.5. The number of hydrogen-bond donors (Lipinski definition) is 1. The molecule has 0 bridgehead atoms. The van der Waals surface area contributed by atoms with Gasteiger partial charge >= 0.3 is 5.97 Å². The van der Waals surface area contributed by atoms with Gasteiger partial charge in [-0.2, -0.15) is 0 Å². The Morgan fingerprint density at radius 3 is 2.43 bits per heavy atom. The van der Waals surface area contributed by atoms with Crippen molar-refractivity contribution in [2.45, 2.75) is 70.3 Å². The van der Waals surface area contributed by atoms with Crippen molar-refractivity contribution in [3.8, 4) is 5.75 Å². The number of carboxylic acids is 1. The normalized spacial score (nSPS) is 22.9. The van der Waals surface area contributed by atoms with E-state index < -0.39 is 5.97 Å². The highest BCUT2D eigenvalue weighted by Gasteiger charge is 2.38. The Labute approximate surface area is 168 Å². The summed E-state index contributed by atoms with van der Waals surface area (Å²) in [5.41, 5.74) is 3.29. The van der Waals surface area contributed by atoms with Crippen LogP contribution in [0, 0.1) is 5.41 Å². The fourth-order valence-corrected chi connectivity index (χ4v) is 5.32. The molecule has 1 aromatic carbocycles. The van der Waals surface area contributed by atoms with Gasteiger partial charge in [0.2, 0.25) is 0 Å². The van der Waals surface area contributed by atoms with Gasteiger partial charge in [-0.15, -0.1) is 0 Å². The maximum atomic E-state index is 10.7. The van der Waals surface area contributed by atoms with Crippen molar-refractivity contribution in [2.24, 2.45) is 5.41 Å². The van der Waals surface area contributed by atoms with E-state index in [1.807, 2.05) is 0 Å². The Kier molecular flexibility index (Phi) is 6.05. The first-order valence-electron chi connectivity index (χ1n) is 11.0. The molecule has 4 heteroatoms. The Bertz CT molecular complexity index is 693. The average molecular weight is 384 g/mol. The summed E-state index contributed by atoms with van der Waals surface area (Å²) in [6.07, 6.45) is 14.7. The van der Waals surface area contributed by atoms with Gasteiger partial charge in [0.1, 0.15) is 5.75 Å². The fraction of sp³-hybridized carbons (Fsp3) is 0.625. The minimum Gasteiger partial charge on any atom is -0.490 e. The van der Waals surface area contributed by atoms with Crippen molar-refractivity contribution < 1.29 is 14.6 Å². The maximum absolute atomic E-state index is 10.7. The zero-order valence-corrected chi connectivity index (χ0v) is 16.9. The fourth-order valence-electron chi connectivity index (χ4n) is 5.32. The summed E-state index contributed by atoms with van der Waals surface area (Å²) in [5.74, 6) is 0.275. The van der Waals surface area contributed by atoms with Crippen molar-refractivity contribution in [2.75, 3.05) is 19.6 Å². The third kappa shape index (κ3) is 4.78. The number of carboxylic acid groups (broad SMARTS) is 1. The van der Waals surface area contributed by atoms with Gasteiger partial charge in [0.15, 0.2) is 0 Å². The first-order chi connectivity index (χ1) is 13.6. The molecule has 1 N–H and O–H groups in total. The summed E-state index contributed by atoms with van der Waals surface area (Å²) in [6, 6.07) is 8.59. The van der Waals surface area contributed by atoms with Crippen LogP contribution in [0.4, 0.5) is 0 Å². The van der Waals surface area contributed by atoms with Crippen LogP contribution in [0.2, 0.25) is 0 Å². The summed E-state index contributed by atoms with van der Waals surface area (Å²) in [4.78, 5) is 12.9. The molecule has 2 aliphatic carbocycles. The van der Waals surface area contributed by atoms with Crippen molar-refractivity contribution in [1.29, 1.82) is 0 Å². The van der Waals surface area contributed by atoms with E-state index in [1.165, 1.54) is 62.5 Å². The molecule has 0 saturated heterocycles. The minimum absolute atomic E-state index is 0.220. The standard InChI is InChI=1S/C24H33NO3/c26-23(27)11-18-25-16-9-20(10-17-25)19-3-5-21(6-4-19)28-22-7-14-24(15-8-22)12-1-2-13-24/h3-6,9,22H,1-2,7-8,10-18H2,(H,26,27). The average Bonchev–Trinajstić information content (AvgIpc) is 3.17. The second-order valence-corrected chi connectivity index (χ2v) is 8.97. The summed E-state index contributed by atoms with van der Waals surface area (Å²) in [7, 11) is 0. The molecule has 0 atom stereocenters. The van der Waals surface area contributed by atoms with Gasteiger partial charge in [-0.3, -0.25) is 9.69 Å². The Morgan fingerprint density at radius 1 is 1.11 bits per heavy atom. The molecule has 1 heterocycles. The molecular formula is C24H33NO3. The molecule has 4 nitrogen and oxygen atoms in total. The molecule has 3 aliphatic rings. The Balaban J connectivity index is 1.27. The lowest BCUT2D eigenvalue weighted by molar-refractivity contribution is -0.137. The predicted octanol–water partition coefficient (Wildman–Crippen LogP) is 5.13. The first-order valence-corrected chi connectivity index (χ1v) is 11.0. The minimum atomic E-state index is -0.721. The molecule has 1 aliphatic heterocycles.